The average molecular weight is 364 g/mol. The van der Waals surface area contributed by atoms with Crippen LogP contribution in [0.3, 0.4) is 0 Å². The number of hydrogen-bond acceptors (Lipinski definition) is 1. The molecular weight excluding hydrogens is 341 g/mol. The van der Waals surface area contributed by atoms with Crippen LogP contribution >= 0.6 is 0 Å². The van der Waals surface area contributed by atoms with Crippen LogP contribution in [0.25, 0.3) is 0 Å². The van der Waals surface area contributed by atoms with Gasteiger partial charge < -0.3 is 0 Å². The lowest BCUT2D eigenvalue weighted by atomic mass is 9.70. The molecule has 6 heteroatoms. The first-order valence-corrected chi connectivity index (χ1v) is 8.95. The minimum absolute atomic E-state index is 0.00243. The van der Waals surface area contributed by atoms with Gasteiger partial charge in [0.15, 0.2) is 0 Å². The third kappa shape index (κ3) is 1.98. The highest BCUT2D eigenvalue weighted by atomic mass is 19.4. The summed E-state index contributed by atoms with van der Waals surface area (Å²) in [6.07, 6.45) is -2.45. The van der Waals surface area contributed by atoms with Gasteiger partial charge in [0, 0.05) is 18.0 Å². The molecule has 4 rings (SSSR count). The van der Waals surface area contributed by atoms with Gasteiger partial charge in [0.1, 0.15) is 0 Å². The summed E-state index contributed by atoms with van der Waals surface area (Å²) in [6.45, 7) is 6.52. The molecule has 1 aromatic carbocycles. The van der Waals surface area contributed by atoms with E-state index in [0.29, 0.717) is 0 Å². The maximum absolute atomic E-state index is 13.3. The van der Waals surface area contributed by atoms with Crippen LogP contribution < -0.4 is 5.56 Å². The Labute approximate surface area is 150 Å². The van der Waals surface area contributed by atoms with Gasteiger partial charge >= 0.3 is 6.18 Å². The van der Waals surface area contributed by atoms with Gasteiger partial charge in [-0.2, -0.15) is 13.2 Å². The van der Waals surface area contributed by atoms with Crippen LogP contribution in [-0.2, 0) is 25.2 Å². The molecule has 2 aliphatic carbocycles. The quantitative estimate of drug-likeness (QED) is 0.774. The van der Waals surface area contributed by atoms with Crippen molar-refractivity contribution in [3.63, 3.8) is 0 Å². The largest absolute Gasteiger partial charge is 0.416 e. The van der Waals surface area contributed by atoms with E-state index < -0.39 is 11.7 Å². The summed E-state index contributed by atoms with van der Waals surface area (Å²) in [5.74, 6) is 0.181. The molecule has 0 spiro atoms. The zero-order valence-corrected chi connectivity index (χ0v) is 15.4. The summed E-state index contributed by atoms with van der Waals surface area (Å²) in [5.41, 5.74) is 1.01. The van der Waals surface area contributed by atoms with Crippen molar-refractivity contribution in [3.8, 4) is 0 Å². The number of nitrogens with zero attached hydrogens (tertiary/aromatic N) is 2. The van der Waals surface area contributed by atoms with E-state index in [0.717, 1.165) is 30.2 Å². The zero-order chi connectivity index (χ0) is 19.1. The molecule has 1 heterocycles. The van der Waals surface area contributed by atoms with Crippen molar-refractivity contribution >= 4 is 0 Å². The van der Waals surface area contributed by atoms with Gasteiger partial charge in [0.05, 0.1) is 17.8 Å². The summed E-state index contributed by atoms with van der Waals surface area (Å²) >= 11 is 0. The number of halogens is 3. The highest BCUT2D eigenvalue weighted by molar-refractivity contribution is 5.45. The topological polar surface area (TPSA) is 26.9 Å². The second kappa shape index (κ2) is 5.05. The molecule has 2 bridgehead atoms. The standard InChI is InChI=1S/C20H23F3N2O/c1-18(2)14-9-10-19(18,3)16-15(14)17(26)25(24(16)4)11-12-7-5-6-8-13(12)20(21,22)23/h5-8,14H,9-11H2,1-4H3. The summed E-state index contributed by atoms with van der Waals surface area (Å²) < 4.78 is 43.2. The van der Waals surface area contributed by atoms with Crippen molar-refractivity contribution < 1.29 is 13.2 Å². The van der Waals surface area contributed by atoms with E-state index in [1.807, 2.05) is 4.68 Å². The van der Waals surface area contributed by atoms with Crippen LogP contribution in [0.5, 0.6) is 0 Å². The van der Waals surface area contributed by atoms with Crippen molar-refractivity contribution in [3.05, 3.63) is 57.0 Å². The van der Waals surface area contributed by atoms with Crippen molar-refractivity contribution in [1.82, 2.24) is 9.36 Å². The number of alkyl halides is 3. The fourth-order valence-corrected chi connectivity index (χ4v) is 5.34. The molecule has 1 saturated carbocycles. The molecule has 1 fully saturated rings. The molecule has 0 N–H and O–H groups in total. The second-order valence-corrected chi connectivity index (χ2v) is 8.45. The number of aromatic nitrogens is 2. The lowest BCUT2D eigenvalue weighted by Gasteiger charge is -2.36. The minimum Gasteiger partial charge on any atom is -0.289 e. The van der Waals surface area contributed by atoms with Gasteiger partial charge in [0.25, 0.3) is 5.56 Å². The lowest BCUT2D eigenvalue weighted by Crippen LogP contribution is -2.35. The van der Waals surface area contributed by atoms with Crippen LogP contribution in [0.2, 0.25) is 0 Å². The van der Waals surface area contributed by atoms with E-state index in [1.54, 1.807) is 13.1 Å². The van der Waals surface area contributed by atoms with Gasteiger partial charge in [-0.15, -0.1) is 0 Å². The Bertz CT molecular complexity index is 951. The summed E-state index contributed by atoms with van der Waals surface area (Å²) in [4.78, 5) is 13.1. The monoisotopic (exact) mass is 364 g/mol. The molecule has 0 saturated heterocycles. The highest BCUT2D eigenvalue weighted by Crippen LogP contribution is 2.66. The van der Waals surface area contributed by atoms with Crippen molar-refractivity contribution in [1.29, 1.82) is 0 Å². The first kappa shape index (κ1) is 17.4. The van der Waals surface area contributed by atoms with Gasteiger partial charge in [-0.1, -0.05) is 39.0 Å². The van der Waals surface area contributed by atoms with Gasteiger partial charge in [-0.3, -0.25) is 9.48 Å². The SMILES string of the molecule is Cn1c2c(c(=O)n1Cc1ccccc1C(F)(F)F)C1CCC2(C)C1(C)C. The predicted molar refractivity (Wildman–Crippen MR) is 93.3 cm³/mol. The third-order valence-electron chi connectivity index (χ3n) is 7.15. The molecule has 140 valence electrons. The Balaban J connectivity index is 1.85. The fourth-order valence-electron chi connectivity index (χ4n) is 5.34. The third-order valence-corrected chi connectivity index (χ3v) is 7.15. The maximum atomic E-state index is 13.3. The predicted octanol–water partition coefficient (Wildman–Crippen LogP) is 4.43. The van der Waals surface area contributed by atoms with E-state index in [-0.39, 0.29) is 34.4 Å². The molecule has 26 heavy (non-hydrogen) atoms. The van der Waals surface area contributed by atoms with Crippen LogP contribution in [-0.4, -0.2) is 9.36 Å². The van der Waals surface area contributed by atoms with Crippen LogP contribution in [0.4, 0.5) is 13.2 Å². The average Bonchev–Trinajstić information content (AvgIpc) is 3.00. The Hall–Kier alpha value is -1.98. The molecule has 2 aliphatic rings. The molecule has 2 atom stereocenters. The van der Waals surface area contributed by atoms with E-state index in [1.165, 1.54) is 16.8 Å². The number of hydrogen-bond donors (Lipinski definition) is 0. The summed E-state index contributed by atoms with van der Waals surface area (Å²) in [5, 5.41) is 0. The molecule has 0 radical (unpaired) electrons. The Morgan fingerprint density at radius 2 is 1.85 bits per heavy atom. The van der Waals surface area contributed by atoms with Gasteiger partial charge in [-0.25, -0.2) is 4.68 Å². The summed E-state index contributed by atoms with van der Waals surface area (Å²) in [7, 11) is 1.80. The van der Waals surface area contributed by atoms with E-state index in [4.69, 9.17) is 0 Å². The van der Waals surface area contributed by atoms with E-state index in [2.05, 4.69) is 20.8 Å². The number of benzene rings is 1. The Morgan fingerprint density at radius 1 is 1.19 bits per heavy atom. The van der Waals surface area contributed by atoms with Gasteiger partial charge in [0.2, 0.25) is 0 Å². The van der Waals surface area contributed by atoms with E-state index >= 15 is 0 Å². The molecule has 3 nitrogen and oxygen atoms in total. The summed E-state index contributed by atoms with van der Waals surface area (Å²) in [6, 6.07) is 5.49. The van der Waals surface area contributed by atoms with Crippen LogP contribution in [0, 0.1) is 5.41 Å². The normalized spacial score (nSPS) is 26.3. The number of fused-ring (bicyclic) bond motifs is 5. The molecule has 0 aliphatic heterocycles. The molecule has 0 amide bonds. The van der Waals surface area contributed by atoms with Crippen molar-refractivity contribution in [2.24, 2.45) is 12.5 Å². The molecule has 2 unspecified atom stereocenters. The second-order valence-electron chi connectivity index (χ2n) is 8.45. The first-order chi connectivity index (χ1) is 12.0. The van der Waals surface area contributed by atoms with Crippen molar-refractivity contribution in [2.75, 3.05) is 0 Å². The van der Waals surface area contributed by atoms with Crippen LogP contribution in [0.1, 0.15) is 61.9 Å². The smallest absolute Gasteiger partial charge is 0.289 e. The Kier molecular flexibility index (Phi) is 3.39. The van der Waals surface area contributed by atoms with E-state index in [9.17, 15) is 18.0 Å². The number of rotatable bonds is 2. The van der Waals surface area contributed by atoms with Crippen LogP contribution in [0.15, 0.2) is 29.1 Å². The first-order valence-electron chi connectivity index (χ1n) is 8.95. The lowest BCUT2D eigenvalue weighted by molar-refractivity contribution is -0.138. The Morgan fingerprint density at radius 3 is 2.46 bits per heavy atom. The fraction of sp³-hybridized carbons (Fsp3) is 0.550. The zero-order valence-electron chi connectivity index (χ0n) is 15.4. The molecular formula is C20H23F3N2O. The van der Waals surface area contributed by atoms with Crippen molar-refractivity contribution in [2.45, 2.75) is 57.7 Å². The minimum atomic E-state index is -4.43. The highest BCUT2D eigenvalue weighted by Gasteiger charge is 2.62. The maximum Gasteiger partial charge on any atom is 0.416 e. The molecule has 1 aromatic heterocycles. The molecule has 2 aromatic rings. The van der Waals surface area contributed by atoms with Gasteiger partial charge in [-0.05, 0) is 35.8 Å².